The highest BCUT2D eigenvalue weighted by Gasteiger charge is 2.12. The molecule has 0 aliphatic carbocycles. The van der Waals surface area contributed by atoms with Crippen LogP contribution in [-0.2, 0) is 11.3 Å². The number of hydrogen-bond donors (Lipinski definition) is 2. The van der Waals surface area contributed by atoms with Crippen molar-refractivity contribution in [1.82, 2.24) is 5.32 Å². The molecule has 3 N–H and O–H groups in total. The zero-order chi connectivity index (χ0) is 15.2. The molecule has 1 aliphatic rings. The van der Waals surface area contributed by atoms with Crippen LogP contribution in [0.1, 0.15) is 18.4 Å². The predicted molar refractivity (Wildman–Crippen MR) is 86.4 cm³/mol. The SMILES string of the molecule is C#C.C=CN.Clc1ccc(COC2CCNCC2)cc1. The molecule has 0 radical (unpaired) electrons. The summed E-state index contributed by atoms with van der Waals surface area (Å²) in [5.74, 6) is 0. The fourth-order valence-corrected chi connectivity index (χ4v) is 1.88. The van der Waals surface area contributed by atoms with Crippen molar-refractivity contribution in [2.75, 3.05) is 13.1 Å². The monoisotopic (exact) mass is 294 g/mol. The Labute approximate surface area is 127 Å². The number of benzene rings is 1. The van der Waals surface area contributed by atoms with Crippen LogP contribution in [0.2, 0.25) is 5.02 Å². The molecule has 0 atom stereocenters. The largest absolute Gasteiger partial charge is 0.405 e. The molecule has 110 valence electrons. The van der Waals surface area contributed by atoms with Crippen molar-refractivity contribution in [2.24, 2.45) is 5.73 Å². The molecule has 0 aromatic heterocycles. The Kier molecular flexibility index (Phi) is 11.6. The van der Waals surface area contributed by atoms with Crippen LogP contribution in [0, 0.1) is 12.8 Å². The third-order valence-corrected chi connectivity index (χ3v) is 2.94. The van der Waals surface area contributed by atoms with E-state index in [0.717, 1.165) is 31.0 Å². The lowest BCUT2D eigenvalue weighted by Gasteiger charge is -2.22. The summed E-state index contributed by atoms with van der Waals surface area (Å²) in [6.45, 7) is 5.98. The molecule has 1 aromatic rings. The molecular formula is C16H23ClN2O. The first-order chi connectivity index (χ1) is 9.76. The quantitative estimate of drug-likeness (QED) is 0.843. The molecule has 0 amide bonds. The lowest BCUT2D eigenvalue weighted by Crippen LogP contribution is -2.32. The number of halogens is 1. The van der Waals surface area contributed by atoms with E-state index in [1.165, 1.54) is 11.8 Å². The molecule has 0 saturated carbocycles. The highest BCUT2D eigenvalue weighted by atomic mass is 35.5. The topological polar surface area (TPSA) is 47.3 Å². The van der Waals surface area contributed by atoms with Gasteiger partial charge >= 0.3 is 0 Å². The summed E-state index contributed by atoms with van der Waals surface area (Å²) in [4.78, 5) is 0. The molecule has 1 aromatic carbocycles. The second-order valence-corrected chi connectivity index (χ2v) is 4.56. The third kappa shape index (κ3) is 8.60. The molecule has 2 rings (SSSR count). The van der Waals surface area contributed by atoms with Crippen molar-refractivity contribution >= 4 is 11.6 Å². The predicted octanol–water partition coefficient (Wildman–Crippen LogP) is 2.95. The number of piperidine rings is 1. The van der Waals surface area contributed by atoms with Crippen molar-refractivity contribution in [3.63, 3.8) is 0 Å². The minimum Gasteiger partial charge on any atom is -0.405 e. The van der Waals surface area contributed by atoms with E-state index >= 15 is 0 Å². The molecule has 0 unspecified atom stereocenters. The number of terminal acetylenes is 1. The second kappa shape index (κ2) is 12.6. The van der Waals surface area contributed by atoms with Gasteiger partial charge < -0.3 is 15.8 Å². The van der Waals surface area contributed by atoms with Gasteiger partial charge in [0.25, 0.3) is 0 Å². The van der Waals surface area contributed by atoms with Crippen molar-refractivity contribution in [1.29, 1.82) is 0 Å². The third-order valence-electron chi connectivity index (χ3n) is 2.69. The van der Waals surface area contributed by atoms with Crippen LogP contribution in [0.3, 0.4) is 0 Å². The highest BCUT2D eigenvalue weighted by molar-refractivity contribution is 6.30. The fourth-order valence-electron chi connectivity index (χ4n) is 1.76. The molecule has 1 aliphatic heterocycles. The zero-order valence-electron chi connectivity index (χ0n) is 11.7. The number of nitrogens with two attached hydrogens (primary N) is 1. The normalized spacial score (nSPS) is 14.2. The Morgan fingerprint density at radius 3 is 2.30 bits per heavy atom. The van der Waals surface area contributed by atoms with E-state index < -0.39 is 0 Å². The highest BCUT2D eigenvalue weighted by Crippen LogP contribution is 2.13. The maximum absolute atomic E-state index is 5.83. The molecule has 1 heterocycles. The molecule has 20 heavy (non-hydrogen) atoms. The Balaban J connectivity index is 0.000000641. The van der Waals surface area contributed by atoms with E-state index in [2.05, 4.69) is 30.5 Å². The Bertz CT molecular complexity index is 370. The molecular weight excluding hydrogens is 272 g/mol. The molecule has 1 fully saturated rings. The maximum atomic E-state index is 5.83. The Hall–Kier alpha value is -1.47. The van der Waals surface area contributed by atoms with Crippen LogP contribution >= 0.6 is 11.6 Å². The Morgan fingerprint density at radius 2 is 1.80 bits per heavy atom. The number of rotatable bonds is 3. The van der Waals surface area contributed by atoms with Gasteiger partial charge in [-0.15, -0.1) is 12.8 Å². The van der Waals surface area contributed by atoms with Crippen LogP contribution in [0.4, 0.5) is 0 Å². The standard InChI is InChI=1S/C12H16ClNO.C2H5N.C2H2/c13-11-3-1-10(2-4-11)9-15-12-5-7-14-8-6-12;1-2-3;1-2/h1-4,12,14H,5-9H2;2H,1,3H2;1-2H. The van der Waals surface area contributed by atoms with E-state index in [4.69, 9.17) is 16.3 Å². The second-order valence-electron chi connectivity index (χ2n) is 4.12. The first-order valence-corrected chi connectivity index (χ1v) is 6.86. The van der Waals surface area contributed by atoms with Crippen molar-refractivity contribution in [3.8, 4) is 12.8 Å². The molecule has 4 heteroatoms. The van der Waals surface area contributed by atoms with Gasteiger partial charge in [0.2, 0.25) is 0 Å². The number of ether oxygens (including phenoxy) is 1. The van der Waals surface area contributed by atoms with Gasteiger partial charge in [0.05, 0.1) is 12.7 Å². The smallest absolute Gasteiger partial charge is 0.0720 e. The van der Waals surface area contributed by atoms with Crippen molar-refractivity contribution in [2.45, 2.75) is 25.6 Å². The first kappa shape index (κ1) is 18.5. The van der Waals surface area contributed by atoms with Crippen LogP contribution in [0.25, 0.3) is 0 Å². The summed E-state index contributed by atoms with van der Waals surface area (Å²) < 4.78 is 5.83. The Morgan fingerprint density at radius 1 is 1.30 bits per heavy atom. The van der Waals surface area contributed by atoms with Gasteiger partial charge in [0, 0.05) is 5.02 Å². The van der Waals surface area contributed by atoms with Crippen LogP contribution in [-0.4, -0.2) is 19.2 Å². The van der Waals surface area contributed by atoms with Gasteiger partial charge in [-0.2, -0.15) is 0 Å². The maximum Gasteiger partial charge on any atom is 0.0720 e. The molecule has 3 nitrogen and oxygen atoms in total. The molecule has 0 spiro atoms. The number of hydrogen-bond acceptors (Lipinski definition) is 3. The fraction of sp³-hybridized carbons (Fsp3) is 0.375. The summed E-state index contributed by atoms with van der Waals surface area (Å²) in [6.07, 6.45) is 11.9. The lowest BCUT2D eigenvalue weighted by atomic mass is 10.1. The van der Waals surface area contributed by atoms with Gasteiger partial charge in [-0.3, -0.25) is 0 Å². The van der Waals surface area contributed by atoms with Crippen LogP contribution in [0.15, 0.2) is 37.0 Å². The minimum absolute atomic E-state index is 0.418. The first-order valence-electron chi connectivity index (χ1n) is 6.49. The van der Waals surface area contributed by atoms with Crippen molar-refractivity contribution in [3.05, 3.63) is 47.6 Å². The summed E-state index contributed by atoms with van der Waals surface area (Å²) in [7, 11) is 0. The van der Waals surface area contributed by atoms with E-state index in [9.17, 15) is 0 Å². The lowest BCUT2D eigenvalue weighted by molar-refractivity contribution is 0.0212. The van der Waals surface area contributed by atoms with Gasteiger partial charge in [-0.05, 0) is 49.8 Å². The van der Waals surface area contributed by atoms with Crippen LogP contribution < -0.4 is 11.1 Å². The average molecular weight is 295 g/mol. The van der Waals surface area contributed by atoms with E-state index in [1.807, 2.05) is 24.3 Å². The van der Waals surface area contributed by atoms with Crippen LogP contribution in [0.5, 0.6) is 0 Å². The van der Waals surface area contributed by atoms with Gasteiger partial charge in [-0.25, -0.2) is 0 Å². The van der Waals surface area contributed by atoms with E-state index in [0.29, 0.717) is 12.7 Å². The van der Waals surface area contributed by atoms with Crippen molar-refractivity contribution < 1.29 is 4.74 Å². The summed E-state index contributed by atoms with van der Waals surface area (Å²) >= 11 is 5.81. The molecule has 1 saturated heterocycles. The average Bonchev–Trinajstić information content (AvgIpc) is 2.51. The summed E-state index contributed by atoms with van der Waals surface area (Å²) in [5, 5.41) is 4.10. The summed E-state index contributed by atoms with van der Waals surface area (Å²) in [6, 6.07) is 7.85. The van der Waals surface area contributed by atoms with E-state index in [1.54, 1.807) is 0 Å². The zero-order valence-corrected chi connectivity index (χ0v) is 12.5. The van der Waals surface area contributed by atoms with Gasteiger partial charge in [0.1, 0.15) is 0 Å². The molecule has 0 bridgehead atoms. The minimum atomic E-state index is 0.418. The van der Waals surface area contributed by atoms with Gasteiger partial charge in [0.15, 0.2) is 0 Å². The summed E-state index contributed by atoms with van der Waals surface area (Å²) in [5.41, 5.74) is 5.80. The van der Waals surface area contributed by atoms with Gasteiger partial charge in [-0.1, -0.05) is 30.3 Å². The van der Waals surface area contributed by atoms with E-state index in [-0.39, 0.29) is 0 Å². The number of nitrogens with one attached hydrogen (secondary N) is 1.